The summed E-state index contributed by atoms with van der Waals surface area (Å²) < 4.78 is 1.23. The third-order valence-electron chi connectivity index (χ3n) is 2.79. The van der Waals surface area contributed by atoms with E-state index in [4.69, 9.17) is 5.11 Å². The molecular weight excluding hydrogens is 232 g/mol. The van der Waals surface area contributed by atoms with Gasteiger partial charge in [-0.2, -0.15) is 0 Å². The number of aromatic nitrogens is 1. The quantitative estimate of drug-likeness (QED) is 0.857. The van der Waals surface area contributed by atoms with Crippen molar-refractivity contribution in [2.45, 2.75) is 32.4 Å². The van der Waals surface area contributed by atoms with E-state index in [0.29, 0.717) is 0 Å². The average Bonchev–Trinajstić information content (AvgIpc) is 2.69. The molecule has 0 unspecified atom stereocenters. The lowest BCUT2D eigenvalue weighted by Gasteiger charge is -2.24. The number of fused-ring (bicyclic) bond motifs is 1. The van der Waals surface area contributed by atoms with Crippen LogP contribution in [0.4, 0.5) is 0 Å². The van der Waals surface area contributed by atoms with Crippen molar-refractivity contribution in [3.8, 4) is 0 Å². The van der Waals surface area contributed by atoms with Crippen molar-refractivity contribution in [2.75, 3.05) is 6.61 Å². The van der Waals surface area contributed by atoms with E-state index in [1.165, 1.54) is 4.70 Å². The lowest BCUT2D eigenvalue weighted by molar-refractivity contribution is 0.230. The van der Waals surface area contributed by atoms with Crippen molar-refractivity contribution in [1.29, 1.82) is 0 Å². The molecule has 92 valence electrons. The highest BCUT2D eigenvalue weighted by atomic mass is 32.1. The highest BCUT2D eigenvalue weighted by Crippen LogP contribution is 2.22. The van der Waals surface area contributed by atoms with E-state index in [2.05, 4.69) is 30.2 Å². The van der Waals surface area contributed by atoms with Crippen molar-refractivity contribution in [2.24, 2.45) is 0 Å². The van der Waals surface area contributed by atoms with Crippen LogP contribution in [0.3, 0.4) is 0 Å². The van der Waals surface area contributed by atoms with Crippen LogP contribution in [0.1, 0.15) is 25.3 Å². The first kappa shape index (κ1) is 12.5. The number of aliphatic hydroxyl groups is 1. The van der Waals surface area contributed by atoms with E-state index in [-0.39, 0.29) is 12.1 Å². The van der Waals surface area contributed by atoms with Gasteiger partial charge in [-0.25, -0.2) is 4.98 Å². The van der Waals surface area contributed by atoms with Crippen LogP contribution in [0.25, 0.3) is 10.2 Å². The van der Waals surface area contributed by atoms with E-state index in [0.717, 1.165) is 23.5 Å². The smallest absolute Gasteiger partial charge is 0.108 e. The molecule has 0 aliphatic carbocycles. The third-order valence-corrected chi connectivity index (χ3v) is 3.83. The number of thiazole rings is 1. The molecular formula is C13H18N2OS. The van der Waals surface area contributed by atoms with Crippen LogP contribution < -0.4 is 5.32 Å². The number of rotatable bonds is 5. The Morgan fingerprint density at radius 1 is 1.35 bits per heavy atom. The highest BCUT2D eigenvalue weighted by Gasteiger charge is 2.16. The van der Waals surface area contributed by atoms with Crippen molar-refractivity contribution < 1.29 is 5.11 Å². The van der Waals surface area contributed by atoms with E-state index < -0.39 is 0 Å². The Balaban J connectivity index is 2.04. The van der Waals surface area contributed by atoms with Gasteiger partial charge >= 0.3 is 0 Å². The molecule has 0 fully saturated rings. The van der Waals surface area contributed by atoms with E-state index >= 15 is 0 Å². The minimum absolute atomic E-state index is 0.0490. The summed E-state index contributed by atoms with van der Waals surface area (Å²) in [5.41, 5.74) is 1.02. The van der Waals surface area contributed by atoms with E-state index in [1.807, 2.05) is 18.2 Å². The molecule has 2 rings (SSSR count). The van der Waals surface area contributed by atoms with Crippen molar-refractivity contribution in [3.63, 3.8) is 0 Å². The number of nitrogens with zero attached hydrogens (tertiary/aromatic N) is 1. The molecule has 4 heteroatoms. The first-order chi connectivity index (χ1) is 8.11. The van der Waals surface area contributed by atoms with Gasteiger partial charge in [0.1, 0.15) is 5.01 Å². The van der Waals surface area contributed by atoms with Gasteiger partial charge in [-0.3, -0.25) is 0 Å². The minimum atomic E-state index is -0.0490. The van der Waals surface area contributed by atoms with Crippen LogP contribution in [-0.2, 0) is 6.54 Å². The summed E-state index contributed by atoms with van der Waals surface area (Å²) in [5, 5.41) is 13.5. The van der Waals surface area contributed by atoms with Gasteiger partial charge in [-0.1, -0.05) is 12.1 Å². The average molecular weight is 250 g/mol. The highest BCUT2D eigenvalue weighted by molar-refractivity contribution is 7.18. The summed E-state index contributed by atoms with van der Waals surface area (Å²) in [6.07, 6.45) is 0.748. The zero-order valence-corrected chi connectivity index (χ0v) is 11.0. The number of hydrogen-bond acceptors (Lipinski definition) is 4. The van der Waals surface area contributed by atoms with E-state index in [9.17, 15) is 0 Å². The fourth-order valence-corrected chi connectivity index (χ4v) is 2.59. The maximum Gasteiger partial charge on any atom is 0.108 e. The van der Waals surface area contributed by atoms with Crippen LogP contribution in [0.15, 0.2) is 24.3 Å². The first-order valence-electron chi connectivity index (χ1n) is 5.81. The number of para-hydroxylation sites is 1. The van der Waals surface area contributed by atoms with Crippen LogP contribution in [0.5, 0.6) is 0 Å². The topological polar surface area (TPSA) is 45.1 Å². The molecule has 17 heavy (non-hydrogen) atoms. The van der Waals surface area contributed by atoms with Crippen LogP contribution in [-0.4, -0.2) is 22.2 Å². The Hall–Kier alpha value is -0.970. The summed E-state index contributed by atoms with van der Waals surface area (Å²) in [4.78, 5) is 4.57. The first-order valence-corrected chi connectivity index (χ1v) is 6.63. The van der Waals surface area contributed by atoms with Gasteiger partial charge < -0.3 is 10.4 Å². The molecule has 0 aliphatic heterocycles. The molecule has 0 radical (unpaired) electrons. The zero-order chi connectivity index (χ0) is 12.3. The minimum Gasteiger partial charge on any atom is -0.396 e. The zero-order valence-electron chi connectivity index (χ0n) is 10.2. The Morgan fingerprint density at radius 3 is 2.82 bits per heavy atom. The van der Waals surface area contributed by atoms with Crippen molar-refractivity contribution >= 4 is 21.6 Å². The summed E-state index contributed by atoms with van der Waals surface area (Å²) in [7, 11) is 0. The van der Waals surface area contributed by atoms with Gasteiger partial charge in [0.05, 0.1) is 10.2 Å². The van der Waals surface area contributed by atoms with Gasteiger partial charge in [0.25, 0.3) is 0 Å². The summed E-state index contributed by atoms with van der Waals surface area (Å²) in [6.45, 7) is 5.15. The van der Waals surface area contributed by atoms with Gasteiger partial charge in [0, 0.05) is 18.7 Å². The molecule has 2 aromatic rings. The van der Waals surface area contributed by atoms with Crippen LogP contribution in [0, 0.1) is 0 Å². The standard InChI is InChI=1S/C13H18N2OS/c1-13(2,7-8-16)14-9-12-15-10-5-3-4-6-11(10)17-12/h3-6,14,16H,7-9H2,1-2H3. The Morgan fingerprint density at radius 2 is 2.12 bits per heavy atom. The molecule has 3 nitrogen and oxygen atoms in total. The van der Waals surface area contributed by atoms with Gasteiger partial charge in [0.15, 0.2) is 0 Å². The maximum atomic E-state index is 8.96. The van der Waals surface area contributed by atoms with Crippen LogP contribution in [0.2, 0.25) is 0 Å². The predicted octanol–water partition coefficient (Wildman–Crippen LogP) is 2.55. The SMILES string of the molecule is CC(C)(CCO)NCc1nc2ccccc2s1. The molecule has 0 spiro atoms. The molecule has 2 N–H and O–H groups in total. The summed E-state index contributed by atoms with van der Waals surface area (Å²) in [6, 6.07) is 8.17. The Kier molecular flexibility index (Phi) is 3.76. The predicted molar refractivity (Wildman–Crippen MR) is 72.2 cm³/mol. The molecule has 0 aliphatic rings. The van der Waals surface area contributed by atoms with Crippen molar-refractivity contribution in [1.82, 2.24) is 10.3 Å². The number of hydrogen-bond donors (Lipinski definition) is 2. The largest absolute Gasteiger partial charge is 0.396 e. The Labute approximate surface area is 106 Å². The second-order valence-corrected chi connectivity index (χ2v) is 5.90. The molecule has 1 aromatic carbocycles. The summed E-state index contributed by atoms with van der Waals surface area (Å²) >= 11 is 1.72. The maximum absolute atomic E-state index is 8.96. The molecule has 1 aromatic heterocycles. The van der Waals surface area contributed by atoms with Gasteiger partial charge in [-0.05, 0) is 32.4 Å². The second-order valence-electron chi connectivity index (χ2n) is 4.79. The molecule has 0 bridgehead atoms. The van der Waals surface area contributed by atoms with Gasteiger partial charge in [0.2, 0.25) is 0 Å². The lowest BCUT2D eigenvalue weighted by atomic mass is 10.0. The summed E-state index contributed by atoms with van der Waals surface area (Å²) in [5.74, 6) is 0. The fraction of sp³-hybridized carbons (Fsp3) is 0.462. The van der Waals surface area contributed by atoms with E-state index in [1.54, 1.807) is 11.3 Å². The molecule has 0 saturated carbocycles. The fourth-order valence-electron chi connectivity index (χ4n) is 1.68. The third kappa shape index (κ3) is 3.25. The number of aliphatic hydroxyl groups excluding tert-OH is 1. The second kappa shape index (κ2) is 5.12. The van der Waals surface area contributed by atoms with Gasteiger partial charge in [-0.15, -0.1) is 11.3 Å². The number of benzene rings is 1. The monoisotopic (exact) mass is 250 g/mol. The lowest BCUT2D eigenvalue weighted by Crippen LogP contribution is -2.39. The molecule has 1 heterocycles. The Bertz CT molecular complexity index is 460. The molecule has 0 atom stereocenters. The van der Waals surface area contributed by atoms with Crippen LogP contribution >= 0.6 is 11.3 Å². The van der Waals surface area contributed by atoms with Crippen molar-refractivity contribution in [3.05, 3.63) is 29.3 Å². The molecule has 0 amide bonds. The normalized spacial score (nSPS) is 12.2. The molecule has 0 saturated heterocycles. The number of nitrogens with one attached hydrogen (secondary N) is 1.